The minimum Gasteiger partial charge on any atom is -0.436 e. The van der Waals surface area contributed by atoms with Crippen LogP contribution < -0.4 is 16.0 Å². The average Bonchev–Trinajstić information content (AvgIpc) is 3.55. The highest BCUT2D eigenvalue weighted by molar-refractivity contribution is 8.00. The second-order valence-corrected chi connectivity index (χ2v) is 12.6. The lowest BCUT2D eigenvalue weighted by Gasteiger charge is -2.14. The monoisotopic (exact) mass is 690 g/mol. The van der Waals surface area contributed by atoms with Crippen molar-refractivity contribution < 1.29 is 23.2 Å². The molecule has 1 heterocycles. The van der Waals surface area contributed by atoms with E-state index < -0.39 is 22.9 Å². The molecule has 3 amide bonds. The van der Waals surface area contributed by atoms with Crippen molar-refractivity contribution in [1.82, 2.24) is 10.3 Å². The van der Waals surface area contributed by atoms with Crippen molar-refractivity contribution in [3.05, 3.63) is 149 Å². The standard InChI is InChI=1S/C38H28ClFN4O4S/c1-23(35(45)41-26-19-17-25(18-20-26)38-44-32-15-5-6-16-34(32)48-38)49-28-12-7-11-27(21-28)42-37(47)33(22-29-30(39)13-8-14-31(29)40)43-36(46)24-9-3-2-4-10-24/h2-23H,1H3,(H,41,45)(H,42,47)(H,43,46)/b33-22+. The summed E-state index contributed by atoms with van der Waals surface area (Å²) in [5.41, 5.74) is 3.31. The number of benzene rings is 5. The van der Waals surface area contributed by atoms with Gasteiger partial charge in [0.15, 0.2) is 5.58 Å². The molecule has 0 saturated heterocycles. The zero-order valence-electron chi connectivity index (χ0n) is 25.9. The van der Waals surface area contributed by atoms with Gasteiger partial charge in [-0.3, -0.25) is 14.4 Å². The number of amides is 3. The summed E-state index contributed by atoms with van der Waals surface area (Å²) in [4.78, 5) is 44.7. The van der Waals surface area contributed by atoms with Crippen molar-refractivity contribution in [3.8, 4) is 11.5 Å². The molecular weight excluding hydrogens is 663 g/mol. The Morgan fingerprint density at radius 2 is 1.57 bits per heavy atom. The van der Waals surface area contributed by atoms with Gasteiger partial charge in [-0.25, -0.2) is 9.37 Å². The second kappa shape index (κ2) is 15.0. The molecule has 8 nitrogen and oxygen atoms in total. The smallest absolute Gasteiger partial charge is 0.272 e. The van der Waals surface area contributed by atoms with E-state index in [4.69, 9.17) is 16.0 Å². The number of nitrogens with one attached hydrogen (secondary N) is 3. The van der Waals surface area contributed by atoms with Gasteiger partial charge in [0.1, 0.15) is 17.0 Å². The number of aromatic nitrogens is 1. The highest BCUT2D eigenvalue weighted by Crippen LogP contribution is 2.29. The van der Waals surface area contributed by atoms with Crippen molar-refractivity contribution in [3.63, 3.8) is 0 Å². The predicted octanol–water partition coefficient (Wildman–Crippen LogP) is 8.82. The number of fused-ring (bicyclic) bond motifs is 1. The van der Waals surface area contributed by atoms with E-state index in [1.54, 1.807) is 67.6 Å². The molecule has 244 valence electrons. The number of carbonyl (C=O) groups is 3. The quantitative estimate of drug-likeness (QED) is 0.0978. The molecule has 6 aromatic rings. The first kappa shape index (κ1) is 33.2. The average molecular weight is 691 g/mol. The molecule has 0 fully saturated rings. The number of anilines is 2. The Labute approximate surface area is 290 Å². The van der Waals surface area contributed by atoms with E-state index in [1.165, 1.54) is 36.0 Å². The van der Waals surface area contributed by atoms with Gasteiger partial charge in [-0.1, -0.05) is 54.1 Å². The van der Waals surface area contributed by atoms with E-state index in [0.717, 1.165) is 11.1 Å². The fourth-order valence-electron chi connectivity index (χ4n) is 4.77. The van der Waals surface area contributed by atoms with Gasteiger partial charge in [0.05, 0.1) is 10.3 Å². The largest absolute Gasteiger partial charge is 0.436 e. The van der Waals surface area contributed by atoms with Crippen LogP contribution in [-0.4, -0.2) is 28.0 Å². The number of nitrogens with zero attached hydrogens (tertiary/aromatic N) is 1. The van der Waals surface area contributed by atoms with Crippen LogP contribution in [0.2, 0.25) is 5.02 Å². The summed E-state index contributed by atoms with van der Waals surface area (Å²) in [6.07, 6.45) is 1.19. The van der Waals surface area contributed by atoms with E-state index in [2.05, 4.69) is 20.9 Å². The lowest BCUT2D eigenvalue weighted by Crippen LogP contribution is -2.30. The maximum atomic E-state index is 14.6. The number of hydrogen-bond donors (Lipinski definition) is 3. The molecule has 0 spiro atoms. The van der Waals surface area contributed by atoms with E-state index in [0.29, 0.717) is 33.3 Å². The van der Waals surface area contributed by atoms with Crippen LogP contribution in [0.15, 0.2) is 136 Å². The highest BCUT2D eigenvalue weighted by Gasteiger charge is 2.19. The Morgan fingerprint density at radius 1 is 0.837 bits per heavy atom. The van der Waals surface area contributed by atoms with Gasteiger partial charge < -0.3 is 20.4 Å². The molecule has 0 bridgehead atoms. The summed E-state index contributed by atoms with van der Waals surface area (Å²) in [6, 6.07) is 34.1. The summed E-state index contributed by atoms with van der Waals surface area (Å²) in [7, 11) is 0. The number of carbonyl (C=O) groups excluding carboxylic acids is 3. The van der Waals surface area contributed by atoms with E-state index in [-0.39, 0.29) is 22.2 Å². The molecule has 5 aromatic carbocycles. The van der Waals surface area contributed by atoms with Crippen LogP contribution in [0.5, 0.6) is 0 Å². The van der Waals surface area contributed by atoms with Gasteiger partial charge >= 0.3 is 0 Å². The normalized spacial score (nSPS) is 11.9. The molecule has 3 N–H and O–H groups in total. The van der Waals surface area contributed by atoms with Crippen molar-refractivity contribution in [2.45, 2.75) is 17.1 Å². The lowest BCUT2D eigenvalue weighted by molar-refractivity contribution is -0.115. The topological polar surface area (TPSA) is 113 Å². The summed E-state index contributed by atoms with van der Waals surface area (Å²) in [5.74, 6) is -1.63. The molecule has 0 saturated carbocycles. The number of rotatable bonds is 10. The lowest BCUT2D eigenvalue weighted by atomic mass is 10.1. The summed E-state index contributed by atoms with van der Waals surface area (Å²) in [5, 5.41) is 7.83. The maximum absolute atomic E-state index is 14.6. The molecule has 0 aliphatic carbocycles. The molecule has 1 atom stereocenters. The van der Waals surface area contributed by atoms with Crippen molar-refractivity contribution >= 4 is 69.6 Å². The molecule has 0 radical (unpaired) electrons. The SMILES string of the molecule is CC(Sc1cccc(NC(=O)/C(=C\c2c(F)cccc2Cl)NC(=O)c2ccccc2)c1)C(=O)Nc1ccc(-c2nc3ccccc3o2)cc1. The van der Waals surface area contributed by atoms with Gasteiger partial charge in [-0.2, -0.15) is 0 Å². The van der Waals surface area contributed by atoms with Crippen LogP contribution >= 0.6 is 23.4 Å². The van der Waals surface area contributed by atoms with Crippen LogP contribution in [0, 0.1) is 5.82 Å². The highest BCUT2D eigenvalue weighted by atomic mass is 35.5. The van der Waals surface area contributed by atoms with Gasteiger partial charge in [0, 0.05) is 33.0 Å². The first-order valence-electron chi connectivity index (χ1n) is 15.1. The van der Waals surface area contributed by atoms with E-state index >= 15 is 0 Å². The molecule has 1 aromatic heterocycles. The third kappa shape index (κ3) is 8.24. The summed E-state index contributed by atoms with van der Waals surface area (Å²) >= 11 is 7.51. The molecule has 6 rings (SSSR count). The van der Waals surface area contributed by atoms with E-state index in [9.17, 15) is 18.8 Å². The molecule has 0 aliphatic rings. The van der Waals surface area contributed by atoms with Gasteiger partial charge in [0.25, 0.3) is 11.8 Å². The van der Waals surface area contributed by atoms with Crippen LogP contribution in [0.25, 0.3) is 28.6 Å². The minimum absolute atomic E-state index is 0.0485. The Balaban J connectivity index is 1.12. The molecule has 49 heavy (non-hydrogen) atoms. The fourth-order valence-corrected chi connectivity index (χ4v) is 5.92. The predicted molar refractivity (Wildman–Crippen MR) is 192 cm³/mol. The van der Waals surface area contributed by atoms with Crippen molar-refractivity contribution in [2.75, 3.05) is 10.6 Å². The van der Waals surface area contributed by atoms with Crippen molar-refractivity contribution in [2.24, 2.45) is 0 Å². The first-order valence-corrected chi connectivity index (χ1v) is 16.4. The number of halogens is 2. The Bertz CT molecular complexity index is 2130. The number of para-hydroxylation sites is 2. The third-order valence-electron chi connectivity index (χ3n) is 7.28. The van der Waals surface area contributed by atoms with Crippen LogP contribution in [-0.2, 0) is 9.59 Å². The molecule has 1 unspecified atom stereocenters. The molecule has 11 heteroatoms. The zero-order valence-corrected chi connectivity index (χ0v) is 27.5. The summed E-state index contributed by atoms with van der Waals surface area (Å²) < 4.78 is 20.5. The van der Waals surface area contributed by atoms with Gasteiger partial charge in [0.2, 0.25) is 11.8 Å². The third-order valence-corrected chi connectivity index (χ3v) is 8.71. The molecule has 0 aliphatic heterocycles. The zero-order chi connectivity index (χ0) is 34.3. The minimum atomic E-state index is -0.696. The van der Waals surface area contributed by atoms with Crippen LogP contribution in [0.4, 0.5) is 15.8 Å². The van der Waals surface area contributed by atoms with Gasteiger partial charge in [-0.15, -0.1) is 11.8 Å². The Kier molecular flexibility index (Phi) is 10.2. The van der Waals surface area contributed by atoms with Crippen molar-refractivity contribution in [1.29, 1.82) is 0 Å². The first-order chi connectivity index (χ1) is 23.7. The fraction of sp³-hybridized carbons (Fsp3) is 0.0526. The van der Waals surface area contributed by atoms with E-state index in [1.807, 2.05) is 42.5 Å². The Morgan fingerprint density at radius 3 is 2.33 bits per heavy atom. The number of thioether (sulfide) groups is 1. The Hall–Kier alpha value is -5.71. The van der Waals surface area contributed by atoms with Gasteiger partial charge in [-0.05, 0) is 91.9 Å². The maximum Gasteiger partial charge on any atom is 0.272 e. The molecular formula is C38H28ClFN4O4S. The second-order valence-electron chi connectivity index (χ2n) is 10.8. The number of oxazole rings is 1. The van der Waals surface area contributed by atoms with Crippen LogP contribution in [0.1, 0.15) is 22.8 Å². The van der Waals surface area contributed by atoms with Crippen LogP contribution in [0.3, 0.4) is 0 Å². The number of hydrogen-bond acceptors (Lipinski definition) is 6. The summed E-state index contributed by atoms with van der Waals surface area (Å²) in [6.45, 7) is 1.77.